The number of thiophene rings is 1. The second-order valence-corrected chi connectivity index (χ2v) is 6.57. The van der Waals surface area contributed by atoms with Gasteiger partial charge >= 0.3 is 0 Å². The predicted octanol–water partition coefficient (Wildman–Crippen LogP) is 4.18. The Morgan fingerprint density at radius 3 is 2.78 bits per heavy atom. The topological polar surface area (TPSA) is 21.1 Å². The zero-order valence-electron chi connectivity index (χ0n) is 12.9. The molecule has 0 amide bonds. The molecule has 0 aliphatic rings. The Hall–Kier alpha value is -1.98. The van der Waals surface area contributed by atoms with Crippen molar-refractivity contribution in [1.82, 2.24) is 14.5 Å². The van der Waals surface area contributed by atoms with Gasteiger partial charge in [-0.3, -0.25) is 4.90 Å². The summed E-state index contributed by atoms with van der Waals surface area (Å²) in [4.78, 5) is 7.68. The van der Waals surface area contributed by atoms with E-state index in [0.717, 1.165) is 31.6 Å². The lowest BCUT2D eigenvalue weighted by Gasteiger charge is -2.22. The number of rotatable bonds is 8. The lowest BCUT2D eigenvalue weighted by atomic mass is 10.2. The molecule has 0 atom stereocenters. The van der Waals surface area contributed by atoms with E-state index >= 15 is 0 Å². The third-order valence-corrected chi connectivity index (χ3v) is 4.62. The third kappa shape index (κ3) is 4.74. The second-order valence-electron chi connectivity index (χ2n) is 5.54. The van der Waals surface area contributed by atoms with Crippen LogP contribution in [0.3, 0.4) is 0 Å². The van der Waals surface area contributed by atoms with Crippen LogP contribution in [0.2, 0.25) is 0 Å². The molecule has 0 aliphatic heterocycles. The van der Waals surface area contributed by atoms with Gasteiger partial charge in [0.05, 0.1) is 6.33 Å². The number of halogens is 1. The smallest absolute Gasteiger partial charge is 0.127 e. The van der Waals surface area contributed by atoms with Gasteiger partial charge in [0.15, 0.2) is 0 Å². The van der Waals surface area contributed by atoms with E-state index in [-0.39, 0.29) is 5.82 Å². The summed E-state index contributed by atoms with van der Waals surface area (Å²) in [5.74, 6) is -0.127. The number of imidazole rings is 1. The lowest BCUT2D eigenvalue weighted by Crippen LogP contribution is -2.25. The minimum atomic E-state index is -0.127. The highest BCUT2D eigenvalue weighted by molar-refractivity contribution is 7.09. The molecule has 2 heterocycles. The first-order chi connectivity index (χ1) is 11.3. The lowest BCUT2D eigenvalue weighted by molar-refractivity contribution is 0.247. The third-order valence-electron chi connectivity index (χ3n) is 3.76. The molecule has 3 aromatic rings. The van der Waals surface area contributed by atoms with E-state index in [9.17, 15) is 4.39 Å². The van der Waals surface area contributed by atoms with E-state index in [1.807, 2.05) is 24.7 Å². The summed E-state index contributed by atoms with van der Waals surface area (Å²) < 4.78 is 16.0. The van der Waals surface area contributed by atoms with Crippen molar-refractivity contribution in [3.8, 4) is 0 Å². The van der Waals surface area contributed by atoms with Gasteiger partial charge in [0.2, 0.25) is 0 Å². The van der Waals surface area contributed by atoms with Gasteiger partial charge < -0.3 is 4.57 Å². The van der Waals surface area contributed by atoms with Gasteiger partial charge in [-0.2, -0.15) is 0 Å². The highest BCUT2D eigenvalue weighted by Gasteiger charge is 2.10. The fourth-order valence-corrected chi connectivity index (χ4v) is 3.35. The summed E-state index contributed by atoms with van der Waals surface area (Å²) in [6.45, 7) is 3.34. The molecule has 2 aromatic heterocycles. The average Bonchev–Trinajstić information content (AvgIpc) is 3.23. The van der Waals surface area contributed by atoms with Crippen molar-refractivity contribution in [2.75, 3.05) is 6.54 Å². The summed E-state index contributed by atoms with van der Waals surface area (Å²) in [5, 5.41) is 2.09. The fourth-order valence-electron chi connectivity index (χ4n) is 2.60. The molecule has 3 nitrogen and oxygen atoms in total. The van der Waals surface area contributed by atoms with Gasteiger partial charge in [-0.15, -0.1) is 11.3 Å². The zero-order chi connectivity index (χ0) is 15.9. The van der Waals surface area contributed by atoms with Gasteiger partial charge in [-0.05, 0) is 23.9 Å². The largest absolute Gasteiger partial charge is 0.337 e. The Kier molecular flexibility index (Phi) is 5.56. The van der Waals surface area contributed by atoms with Gasteiger partial charge in [-0.1, -0.05) is 24.3 Å². The van der Waals surface area contributed by atoms with E-state index in [4.69, 9.17) is 0 Å². The van der Waals surface area contributed by atoms with Crippen LogP contribution in [-0.2, 0) is 19.6 Å². The van der Waals surface area contributed by atoms with Crippen LogP contribution in [-0.4, -0.2) is 21.0 Å². The molecule has 0 radical (unpaired) electrons. The highest BCUT2D eigenvalue weighted by Crippen LogP contribution is 2.16. The molecule has 0 N–H and O–H groups in total. The summed E-state index contributed by atoms with van der Waals surface area (Å²) in [6, 6.07) is 11.2. The van der Waals surface area contributed by atoms with Crippen molar-refractivity contribution in [2.45, 2.75) is 26.1 Å². The summed E-state index contributed by atoms with van der Waals surface area (Å²) in [6.07, 6.45) is 6.61. The Balaban J connectivity index is 1.62. The van der Waals surface area contributed by atoms with Crippen LogP contribution in [0.5, 0.6) is 0 Å². The van der Waals surface area contributed by atoms with Crippen LogP contribution in [0, 0.1) is 5.82 Å². The minimum Gasteiger partial charge on any atom is -0.337 e. The maximum absolute atomic E-state index is 13.9. The Morgan fingerprint density at radius 2 is 2.04 bits per heavy atom. The molecule has 5 heteroatoms. The standard InChI is InChI=1S/C18H20FN3S/c19-18-7-2-1-5-16(18)13-22(14-17-6-3-12-23-17)10-4-9-21-11-8-20-15-21/h1-3,5-8,11-12,15H,4,9-10,13-14H2. The van der Waals surface area contributed by atoms with Gasteiger partial charge in [0.1, 0.15) is 5.82 Å². The van der Waals surface area contributed by atoms with Crippen molar-refractivity contribution in [2.24, 2.45) is 0 Å². The number of benzene rings is 1. The van der Waals surface area contributed by atoms with E-state index in [1.54, 1.807) is 23.6 Å². The number of hydrogen-bond donors (Lipinski definition) is 0. The second kappa shape index (κ2) is 8.04. The first-order valence-electron chi connectivity index (χ1n) is 7.75. The zero-order valence-corrected chi connectivity index (χ0v) is 13.8. The Morgan fingerprint density at radius 1 is 1.13 bits per heavy atom. The molecule has 0 spiro atoms. The van der Waals surface area contributed by atoms with Gasteiger partial charge in [0, 0.05) is 49.0 Å². The average molecular weight is 329 g/mol. The number of hydrogen-bond acceptors (Lipinski definition) is 3. The molecule has 23 heavy (non-hydrogen) atoms. The number of aryl methyl sites for hydroxylation is 1. The molecular weight excluding hydrogens is 309 g/mol. The van der Waals surface area contributed by atoms with Crippen molar-refractivity contribution >= 4 is 11.3 Å². The Bertz CT molecular complexity index is 695. The van der Waals surface area contributed by atoms with Crippen LogP contribution >= 0.6 is 11.3 Å². The Labute approximate surface area is 140 Å². The molecule has 1 aromatic carbocycles. The summed E-state index contributed by atoms with van der Waals surface area (Å²) >= 11 is 1.75. The molecule has 3 rings (SSSR count). The van der Waals surface area contributed by atoms with Crippen LogP contribution in [0.4, 0.5) is 4.39 Å². The maximum atomic E-state index is 13.9. The van der Waals surface area contributed by atoms with Crippen LogP contribution in [0.1, 0.15) is 16.9 Å². The maximum Gasteiger partial charge on any atom is 0.127 e. The molecule has 0 aliphatic carbocycles. The minimum absolute atomic E-state index is 0.127. The first kappa shape index (κ1) is 15.9. The molecule has 120 valence electrons. The fraction of sp³-hybridized carbons (Fsp3) is 0.278. The molecule has 0 saturated heterocycles. The molecule has 0 bridgehead atoms. The summed E-state index contributed by atoms with van der Waals surface area (Å²) in [7, 11) is 0. The van der Waals surface area contributed by atoms with Crippen molar-refractivity contribution < 1.29 is 4.39 Å². The molecule has 0 unspecified atom stereocenters. The van der Waals surface area contributed by atoms with E-state index in [0.29, 0.717) is 6.54 Å². The molecular formula is C18H20FN3S. The molecule has 0 fully saturated rings. The first-order valence-corrected chi connectivity index (χ1v) is 8.63. The predicted molar refractivity (Wildman–Crippen MR) is 91.7 cm³/mol. The van der Waals surface area contributed by atoms with Crippen LogP contribution in [0.25, 0.3) is 0 Å². The van der Waals surface area contributed by atoms with Crippen molar-refractivity contribution in [1.29, 1.82) is 0 Å². The van der Waals surface area contributed by atoms with E-state index in [1.165, 1.54) is 10.9 Å². The normalized spacial score (nSPS) is 11.2. The number of nitrogens with zero attached hydrogens (tertiary/aromatic N) is 3. The highest BCUT2D eigenvalue weighted by atomic mass is 32.1. The van der Waals surface area contributed by atoms with E-state index < -0.39 is 0 Å². The van der Waals surface area contributed by atoms with Gasteiger partial charge in [-0.25, -0.2) is 9.37 Å². The van der Waals surface area contributed by atoms with Crippen LogP contribution < -0.4 is 0 Å². The molecule has 0 saturated carbocycles. The number of aromatic nitrogens is 2. The summed E-state index contributed by atoms with van der Waals surface area (Å²) in [5.41, 5.74) is 0.756. The van der Waals surface area contributed by atoms with Crippen LogP contribution in [0.15, 0.2) is 60.5 Å². The van der Waals surface area contributed by atoms with Crippen molar-refractivity contribution in [3.05, 3.63) is 76.8 Å². The van der Waals surface area contributed by atoms with Crippen molar-refractivity contribution in [3.63, 3.8) is 0 Å². The van der Waals surface area contributed by atoms with Gasteiger partial charge in [0.25, 0.3) is 0 Å². The monoisotopic (exact) mass is 329 g/mol. The quantitative estimate of drug-likeness (QED) is 0.618. The SMILES string of the molecule is Fc1ccccc1CN(CCCn1ccnc1)Cc1cccs1. The van der Waals surface area contributed by atoms with E-state index in [2.05, 4.69) is 32.0 Å².